The van der Waals surface area contributed by atoms with E-state index in [4.69, 9.17) is 4.74 Å². The topological polar surface area (TPSA) is 43.4 Å². The van der Waals surface area contributed by atoms with Gasteiger partial charge in [0.1, 0.15) is 0 Å². The lowest BCUT2D eigenvalue weighted by atomic mass is 9.41. The molecule has 3 heteroatoms. The molecule has 0 aromatic rings. The van der Waals surface area contributed by atoms with E-state index in [0.29, 0.717) is 11.8 Å². The minimum Gasteiger partial charge on any atom is -0.393 e. The number of esters is 2. The molecule has 0 aromatic heterocycles. The molecule has 94 valence electrons. The van der Waals surface area contributed by atoms with Crippen LogP contribution in [0.1, 0.15) is 40.5 Å². The number of cyclic esters (lactones) is 2. The Hall–Kier alpha value is -0.860. The van der Waals surface area contributed by atoms with Crippen molar-refractivity contribution in [3.63, 3.8) is 0 Å². The largest absolute Gasteiger partial charge is 0.393 e. The first kappa shape index (κ1) is 11.2. The van der Waals surface area contributed by atoms with Crippen molar-refractivity contribution in [2.45, 2.75) is 40.5 Å². The number of hydrogen-bond acceptors (Lipinski definition) is 3. The number of hydrogen-bond donors (Lipinski definition) is 0. The van der Waals surface area contributed by atoms with Gasteiger partial charge in [0.05, 0.1) is 11.8 Å². The van der Waals surface area contributed by atoms with Crippen LogP contribution in [0.4, 0.5) is 0 Å². The van der Waals surface area contributed by atoms with Crippen LogP contribution in [0.5, 0.6) is 0 Å². The average Bonchev–Trinajstić information content (AvgIpc) is 2.39. The Morgan fingerprint density at radius 2 is 1.82 bits per heavy atom. The zero-order valence-corrected chi connectivity index (χ0v) is 10.9. The zero-order chi connectivity index (χ0) is 12.6. The predicted molar refractivity (Wildman–Crippen MR) is 61.9 cm³/mol. The second kappa shape index (κ2) is 2.93. The van der Waals surface area contributed by atoms with Crippen LogP contribution < -0.4 is 0 Å². The Labute approximate surface area is 102 Å². The van der Waals surface area contributed by atoms with Gasteiger partial charge in [-0.1, -0.05) is 27.7 Å². The summed E-state index contributed by atoms with van der Waals surface area (Å²) in [7, 11) is 0. The van der Waals surface area contributed by atoms with Crippen LogP contribution in [-0.2, 0) is 14.3 Å². The van der Waals surface area contributed by atoms with E-state index in [1.165, 1.54) is 0 Å². The third kappa shape index (κ3) is 1.23. The Morgan fingerprint density at radius 3 is 2.41 bits per heavy atom. The first-order valence-corrected chi connectivity index (χ1v) is 6.52. The lowest BCUT2D eigenvalue weighted by molar-refractivity contribution is -0.165. The molecule has 3 saturated carbocycles. The summed E-state index contributed by atoms with van der Waals surface area (Å²) in [6.45, 7) is 8.85. The van der Waals surface area contributed by atoms with Crippen LogP contribution in [0.2, 0.25) is 0 Å². The highest BCUT2D eigenvalue weighted by atomic mass is 16.6. The van der Waals surface area contributed by atoms with Crippen molar-refractivity contribution in [3.8, 4) is 0 Å². The standard InChI is InChI=1S/C14H20O3/c1-7-5-14(4)6-13(2,3)9(7)8-10(14)12(16)17-11(8)15/h7-10H,5-6H2,1-4H3/t7?,8-,9+,10+,14+/m1/s1. The highest BCUT2D eigenvalue weighted by Crippen LogP contribution is 2.67. The second-order valence-electron chi connectivity index (χ2n) is 7.27. The van der Waals surface area contributed by atoms with Gasteiger partial charge >= 0.3 is 11.9 Å². The number of rotatable bonds is 0. The SMILES string of the molecule is CC1C[C@@]2(C)CC(C)(C)[C@@H]1[C@H]1C(=O)OC(=O)[C@H]12. The Bertz CT molecular complexity index is 412. The molecule has 4 fully saturated rings. The fraction of sp³-hybridized carbons (Fsp3) is 0.857. The highest BCUT2D eigenvalue weighted by Gasteiger charge is 2.68. The van der Waals surface area contributed by atoms with E-state index in [-0.39, 0.29) is 34.6 Å². The molecular weight excluding hydrogens is 216 g/mol. The highest BCUT2D eigenvalue weighted by molar-refractivity contribution is 5.97. The van der Waals surface area contributed by atoms with Gasteiger partial charge in [-0.2, -0.15) is 0 Å². The van der Waals surface area contributed by atoms with E-state index in [0.717, 1.165) is 12.8 Å². The zero-order valence-electron chi connectivity index (χ0n) is 10.9. The molecule has 2 bridgehead atoms. The summed E-state index contributed by atoms with van der Waals surface area (Å²) in [6, 6.07) is 0. The quantitative estimate of drug-likeness (QED) is 0.479. The van der Waals surface area contributed by atoms with Gasteiger partial charge in [-0.15, -0.1) is 0 Å². The molecule has 5 atom stereocenters. The molecule has 0 aromatic carbocycles. The third-order valence-electron chi connectivity index (χ3n) is 5.39. The van der Waals surface area contributed by atoms with Crippen molar-refractivity contribution in [2.24, 2.45) is 34.5 Å². The molecule has 0 spiro atoms. The van der Waals surface area contributed by atoms with Crippen molar-refractivity contribution in [3.05, 3.63) is 0 Å². The lowest BCUT2D eigenvalue weighted by Crippen LogP contribution is -2.58. The van der Waals surface area contributed by atoms with E-state index < -0.39 is 0 Å². The molecule has 4 rings (SSSR count). The maximum atomic E-state index is 11.9. The number of carbonyl (C=O) groups excluding carboxylic acids is 2. The molecule has 17 heavy (non-hydrogen) atoms. The van der Waals surface area contributed by atoms with Crippen LogP contribution in [0, 0.1) is 34.5 Å². The van der Waals surface area contributed by atoms with Crippen molar-refractivity contribution in [1.82, 2.24) is 0 Å². The Morgan fingerprint density at radius 1 is 1.18 bits per heavy atom. The van der Waals surface area contributed by atoms with Gasteiger partial charge in [0.25, 0.3) is 0 Å². The molecule has 1 aliphatic heterocycles. The van der Waals surface area contributed by atoms with Gasteiger partial charge in [-0.3, -0.25) is 9.59 Å². The van der Waals surface area contributed by atoms with Gasteiger partial charge < -0.3 is 4.74 Å². The fourth-order valence-electron chi connectivity index (χ4n) is 5.53. The first-order chi connectivity index (χ1) is 7.76. The maximum absolute atomic E-state index is 11.9. The first-order valence-electron chi connectivity index (χ1n) is 6.52. The molecule has 1 unspecified atom stereocenters. The molecule has 3 nitrogen and oxygen atoms in total. The van der Waals surface area contributed by atoms with Crippen LogP contribution in [0.3, 0.4) is 0 Å². The summed E-state index contributed by atoms with van der Waals surface area (Å²) in [5.41, 5.74) is 0.0861. The van der Waals surface area contributed by atoms with E-state index in [9.17, 15) is 9.59 Å². The molecule has 1 heterocycles. The molecule has 0 N–H and O–H groups in total. The number of fused-ring (bicyclic) bond motifs is 2. The van der Waals surface area contributed by atoms with Gasteiger partial charge in [0, 0.05) is 0 Å². The van der Waals surface area contributed by atoms with Crippen LogP contribution in [-0.4, -0.2) is 11.9 Å². The number of carbonyl (C=O) groups is 2. The van der Waals surface area contributed by atoms with E-state index in [1.807, 2.05) is 0 Å². The summed E-state index contributed by atoms with van der Waals surface area (Å²) in [5.74, 6) is -0.0913. The van der Waals surface area contributed by atoms with E-state index in [1.54, 1.807) is 0 Å². The average molecular weight is 236 g/mol. The molecule has 0 radical (unpaired) electrons. The third-order valence-corrected chi connectivity index (χ3v) is 5.39. The normalized spacial score (nSPS) is 51.3. The fourth-order valence-corrected chi connectivity index (χ4v) is 5.53. The molecular formula is C14H20O3. The smallest absolute Gasteiger partial charge is 0.318 e. The van der Waals surface area contributed by atoms with E-state index in [2.05, 4.69) is 27.7 Å². The minimum atomic E-state index is -0.269. The van der Waals surface area contributed by atoms with Gasteiger partial charge in [-0.05, 0) is 35.5 Å². The van der Waals surface area contributed by atoms with Gasteiger partial charge in [0.2, 0.25) is 0 Å². The van der Waals surface area contributed by atoms with Gasteiger partial charge in [-0.25, -0.2) is 0 Å². The van der Waals surface area contributed by atoms with Crippen LogP contribution in [0.15, 0.2) is 0 Å². The molecule has 4 aliphatic rings. The van der Waals surface area contributed by atoms with Crippen LogP contribution >= 0.6 is 0 Å². The van der Waals surface area contributed by atoms with Gasteiger partial charge in [0.15, 0.2) is 0 Å². The van der Waals surface area contributed by atoms with Crippen molar-refractivity contribution in [2.75, 3.05) is 0 Å². The maximum Gasteiger partial charge on any atom is 0.318 e. The van der Waals surface area contributed by atoms with E-state index >= 15 is 0 Å². The molecule has 1 saturated heterocycles. The predicted octanol–water partition coefficient (Wildman–Crippen LogP) is 2.39. The minimum absolute atomic E-state index is 0.0500. The summed E-state index contributed by atoms with van der Waals surface area (Å²) in [4.78, 5) is 23.8. The Kier molecular flexibility index (Phi) is 1.94. The second-order valence-corrected chi connectivity index (χ2v) is 7.27. The number of ether oxygens (including phenoxy) is 1. The molecule has 0 amide bonds. The van der Waals surface area contributed by atoms with Crippen molar-refractivity contribution in [1.29, 1.82) is 0 Å². The summed E-state index contributed by atoms with van der Waals surface area (Å²) >= 11 is 0. The monoisotopic (exact) mass is 236 g/mol. The lowest BCUT2D eigenvalue weighted by Gasteiger charge is -2.60. The summed E-state index contributed by atoms with van der Waals surface area (Å²) in [5, 5.41) is 0. The summed E-state index contributed by atoms with van der Waals surface area (Å²) in [6.07, 6.45) is 2.07. The summed E-state index contributed by atoms with van der Waals surface area (Å²) < 4.78 is 4.92. The van der Waals surface area contributed by atoms with Crippen LogP contribution in [0.25, 0.3) is 0 Å². The van der Waals surface area contributed by atoms with Crippen molar-refractivity contribution >= 4 is 11.9 Å². The van der Waals surface area contributed by atoms with Crippen molar-refractivity contribution < 1.29 is 14.3 Å². The Balaban J connectivity index is 2.14. The molecule has 3 aliphatic carbocycles.